The van der Waals surface area contributed by atoms with E-state index in [0.717, 1.165) is 29.9 Å². The zero-order chi connectivity index (χ0) is 12.3. The van der Waals surface area contributed by atoms with E-state index in [9.17, 15) is 0 Å². The SMILES string of the molecule is CCCc1nc(-c2nccn2C)ncc1CN. The van der Waals surface area contributed by atoms with Crippen molar-refractivity contribution in [2.75, 3.05) is 0 Å². The van der Waals surface area contributed by atoms with Gasteiger partial charge in [0.05, 0.1) is 0 Å². The molecule has 5 heteroatoms. The van der Waals surface area contributed by atoms with Crippen molar-refractivity contribution in [3.05, 3.63) is 29.8 Å². The second-order valence-electron chi connectivity index (χ2n) is 3.98. The largest absolute Gasteiger partial charge is 0.331 e. The Kier molecular flexibility index (Phi) is 3.49. The highest BCUT2D eigenvalue weighted by atomic mass is 15.1. The minimum Gasteiger partial charge on any atom is -0.331 e. The Bertz CT molecular complexity index is 503. The first-order valence-corrected chi connectivity index (χ1v) is 5.78. The van der Waals surface area contributed by atoms with E-state index < -0.39 is 0 Å². The topological polar surface area (TPSA) is 69.6 Å². The Morgan fingerprint density at radius 1 is 1.35 bits per heavy atom. The fourth-order valence-corrected chi connectivity index (χ4v) is 1.75. The molecule has 0 unspecified atom stereocenters. The molecule has 0 aromatic carbocycles. The average molecular weight is 231 g/mol. The van der Waals surface area contributed by atoms with Crippen LogP contribution in [0.3, 0.4) is 0 Å². The van der Waals surface area contributed by atoms with Crippen LogP contribution in [0.4, 0.5) is 0 Å². The molecule has 17 heavy (non-hydrogen) atoms. The van der Waals surface area contributed by atoms with Gasteiger partial charge in [0.25, 0.3) is 0 Å². The van der Waals surface area contributed by atoms with Gasteiger partial charge in [-0.2, -0.15) is 0 Å². The molecule has 2 aromatic heterocycles. The summed E-state index contributed by atoms with van der Waals surface area (Å²) >= 11 is 0. The second-order valence-corrected chi connectivity index (χ2v) is 3.98. The molecule has 0 saturated carbocycles. The third-order valence-corrected chi connectivity index (χ3v) is 2.68. The molecule has 0 spiro atoms. The monoisotopic (exact) mass is 231 g/mol. The maximum absolute atomic E-state index is 5.68. The van der Waals surface area contributed by atoms with Crippen molar-refractivity contribution < 1.29 is 0 Å². The van der Waals surface area contributed by atoms with E-state index in [1.807, 2.05) is 24.0 Å². The summed E-state index contributed by atoms with van der Waals surface area (Å²) in [6, 6.07) is 0. The molecule has 0 saturated heterocycles. The Morgan fingerprint density at radius 3 is 2.76 bits per heavy atom. The first-order chi connectivity index (χ1) is 8.26. The van der Waals surface area contributed by atoms with Gasteiger partial charge in [-0.3, -0.25) is 0 Å². The maximum atomic E-state index is 5.68. The van der Waals surface area contributed by atoms with Gasteiger partial charge in [0.15, 0.2) is 11.6 Å². The van der Waals surface area contributed by atoms with Crippen molar-refractivity contribution in [1.29, 1.82) is 0 Å². The Labute approximate surface area is 101 Å². The third-order valence-electron chi connectivity index (χ3n) is 2.68. The molecule has 5 nitrogen and oxygen atoms in total. The third kappa shape index (κ3) is 2.34. The first kappa shape index (κ1) is 11.7. The zero-order valence-corrected chi connectivity index (χ0v) is 10.2. The normalized spacial score (nSPS) is 10.8. The van der Waals surface area contributed by atoms with Crippen LogP contribution in [0.5, 0.6) is 0 Å². The van der Waals surface area contributed by atoms with Crippen LogP contribution >= 0.6 is 0 Å². The molecule has 0 aliphatic rings. The summed E-state index contributed by atoms with van der Waals surface area (Å²) in [5.74, 6) is 1.45. The van der Waals surface area contributed by atoms with Crippen molar-refractivity contribution in [2.45, 2.75) is 26.3 Å². The predicted octanol–water partition coefficient (Wildman–Crippen LogP) is 1.29. The summed E-state index contributed by atoms with van der Waals surface area (Å²) in [6.45, 7) is 2.61. The number of hydrogen-bond donors (Lipinski definition) is 1. The van der Waals surface area contributed by atoms with Gasteiger partial charge in [-0.15, -0.1) is 0 Å². The van der Waals surface area contributed by atoms with Crippen LogP contribution < -0.4 is 5.73 Å². The molecule has 2 rings (SSSR count). The van der Waals surface area contributed by atoms with Gasteiger partial charge >= 0.3 is 0 Å². The molecular weight excluding hydrogens is 214 g/mol. The summed E-state index contributed by atoms with van der Waals surface area (Å²) in [5, 5.41) is 0. The van der Waals surface area contributed by atoms with Crippen molar-refractivity contribution >= 4 is 0 Å². The maximum Gasteiger partial charge on any atom is 0.196 e. The van der Waals surface area contributed by atoms with Crippen LogP contribution in [-0.4, -0.2) is 19.5 Å². The highest BCUT2D eigenvalue weighted by molar-refractivity contribution is 5.44. The van der Waals surface area contributed by atoms with E-state index in [2.05, 4.69) is 21.9 Å². The van der Waals surface area contributed by atoms with Gasteiger partial charge in [-0.1, -0.05) is 13.3 Å². The van der Waals surface area contributed by atoms with E-state index in [1.165, 1.54) is 0 Å². The van der Waals surface area contributed by atoms with Gasteiger partial charge in [0.2, 0.25) is 0 Å². The molecule has 0 aliphatic heterocycles. The summed E-state index contributed by atoms with van der Waals surface area (Å²) in [7, 11) is 1.93. The van der Waals surface area contributed by atoms with Crippen LogP contribution in [0.2, 0.25) is 0 Å². The average Bonchev–Trinajstić information content (AvgIpc) is 2.76. The molecule has 0 bridgehead atoms. The smallest absolute Gasteiger partial charge is 0.196 e. The first-order valence-electron chi connectivity index (χ1n) is 5.78. The van der Waals surface area contributed by atoms with Gasteiger partial charge in [-0.25, -0.2) is 15.0 Å². The molecule has 0 amide bonds. The van der Waals surface area contributed by atoms with E-state index >= 15 is 0 Å². The lowest BCUT2D eigenvalue weighted by Crippen LogP contribution is -2.07. The fourth-order valence-electron chi connectivity index (χ4n) is 1.75. The quantitative estimate of drug-likeness (QED) is 0.860. The summed E-state index contributed by atoms with van der Waals surface area (Å²) < 4.78 is 1.91. The summed E-state index contributed by atoms with van der Waals surface area (Å²) in [6.07, 6.45) is 7.41. The van der Waals surface area contributed by atoms with Crippen molar-refractivity contribution in [1.82, 2.24) is 19.5 Å². The van der Waals surface area contributed by atoms with Gasteiger partial charge in [-0.05, 0) is 6.42 Å². The summed E-state index contributed by atoms with van der Waals surface area (Å²) in [5.41, 5.74) is 7.73. The zero-order valence-electron chi connectivity index (χ0n) is 10.2. The number of hydrogen-bond acceptors (Lipinski definition) is 4. The number of nitrogens with two attached hydrogens (primary N) is 1. The fraction of sp³-hybridized carbons (Fsp3) is 0.417. The van der Waals surface area contributed by atoms with E-state index in [-0.39, 0.29) is 0 Å². The Morgan fingerprint density at radius 2 is 2.18 bits per heavy atom. The van der Waals surface area contributed by atoms with Crippen molar-refractivity contribution in [3.8, 4) is 11.6 Å². The number of rotatable bonds is 4. The van der Waals surface area contributed by atoms with E-state index in [0.29, 0.717) is 12.4 Å². The molecular formula is C12H17N5. The molecule has 2 aromatic rings. The van der Waals surface area contributed by atoms with Crippen LogP contribution in [-0.2, 0) is 20.0 Å². The lowest BCUT2D eigenvalue weighted by Gasteiger charge is -2.07. The number of nitrogens with zero attached hydrogens (tertiary/aromatic N) is 4. The standard InChI is InChI=1S/C12H17N5/c1-3-4-10-9(7-13)8-15-11(16-10)12-14-5-6-17(12)2/h5-6,8H,3-4,7,13H2,1-2H3. The Hall–Kier alpha value is -1.75. The molecule has 0 aliphatic carbocycles. The van der Waals surface area contributed by atoms with Gasteiger partial charge in [0.1, 0.15) is 0 Å². The lowest BCUT2D eigenvalue weighted by molar-refractivity contribution is 0.829. The molecule has 90 valence electrons. The van der Waals surface area contributed by atoms with Gasteiger partial charge < -0.3 is 10.3 Å². The van der Waals surface area contributed by atoms with Crippen LogP contribution in [0.15, 0.2) is 18.6 Å². The molecule has 2 N–H and O–H groups in total. The van der Waals surface area contributed by atoms with Crippen LogP contribution in [0.25, 0.3) is 11.6 Å². The summed E-state index contributed by atoms with van der Waals surface area (Å²) in [4.78, 5) is 13.1. The molecule has 0 radical (unpaired) electrons. The molecule has 0 atom stereocenters. The van der Waals surface area contributed by atoms with Crippen LogP contribution in [0, 0.1) is 0 Å². The van der Waals surface area contributed by atoms with E-state index in [4.69, 9.17) is 5.73 Å². The Balaban J connectivity index is 2.43. The van der Waals surface area contributed by atoms with Gasteiger partial charge in [0, 0.05) is 43.4 Å². The van der Waals surface area contributed by atoms with Crippen LogP contribution in [0.1, 0.15) is 24.6 Å². The number of aryl methyl sites for hydroxylation is 2. The number of imidazole rings is 1. The minimum atomic E-state index is 0.482. The number of aromatic nitrogens is 4. The highest BCUT2D eigenvalue weighted by Crippen LogP contribution is 2.14. The molecule has 2 heterocycles. The molecule has 0 fully saturated rings. The lowest BCUT2D eigenvalue weighted by atomic mass is 10.1. The highest BCUT2D eigenvalue weighted by Gasteiger charge is 2.10. The van der Waals surface area contributed by atoms with Crippen molar-refractivity contribution in [3.63, 3.8) is 0 Å². The predicted molar refractivity (Wildman–Crippen MR) is 66.1 cm³/mol. The minimum absolute atomic E-state index is 0.482. The second kappa shape index (κ2) is 5.05. The van der Waals surface area contributed by atoms with E-state index in [1.54, 1.807) is 6.20 Å². The van der Waals surface area contributed by atoms with Crippen molar-refractivity contribution in [2.24, 2.45) is 12.8 Å².